The van der Waals surface area contributed by atoms with E-state index in [2.05, 4.69) is 5.32 Å². The van der Waals surface area contributed by atoms with Gasteiger partial charge in [-0.2, -0.15) is 17.0 Å². The molecule has 1 unspecified atom stereocenters. The van der Waals surface area contributed by atoms with Crippen LogP contribution in [0.1, 0.15) is 6.42 Å². The van der Waals surface area contributed by atoms with E-state index in [-0.39, 0.29) is 31.9 Å². The lowest BCUT2D eigenvalue weighted by molar-refractivity contribution is -0.139. The highest BCUT2D eigenvalue weighted by atomic mass is 32.2. The Kier molecular flexibility index (Phi) is 10.9. The predicted molar refractivity (Wildman–Crippen MR) is 82.0 cm³/mol. The lowest BCUT2D eigenvalue weighted by atomic mass is 10.2. The van der Waals surface area contributed by atoms with Crippen molar-refractivity contribution in [2.45, 2.75) is 12.5 Å². The van der Waals surface area contributed by atoms with Gasteiger partial charge >= 0.3 is 5.97 Å². The third-order valence-corrected chi connectivity index (χ3v) is 3.36. The zero-order valence-corrected chi connectivity index (χ0v) is 13.2. The monoisotopic (exact) mass is 331 g/mol. The van der Waals surface area contributed by atoms with Crippen molar-refractivity contribution in [3.8, 4) is 6.07 Å². The lowest BCUT2D eigenvalue weighted by Gasteiger charge is -2.20. The Morgan fingerprint density at radius 3 is 2.36 bits per heavy atom. The van der Waals surface area contributed by atoms with Crippen molar-refractivity contribution in [2.24, 2.45) is 0 Å². The van der Waals surface area contributed by atoms with E-state index < -0.39 is 17.9 Å². The number of nitrogens with zero attached hydrogens (tertiary/aromatic N) is 2. The number of carbonyl (C=O) groups excluding carboxylic acids is 1. The van der Waals surface area contributed by atoms with Crippen LogP contribution in [0.5, 0.6) is 0 Å². The number of thioether (sulfide) groups is 1. The SMILES string of the molecule is CSCCC(N/C=C(/C#N)C(=O)N(CCO)CCO)C(=O)O. The van der Waals surface area contributed by atoms with Gasteiger partial charge in [0, 0.05) is 19.3 Å². The number of amides is 1. The van der Waals surface area contributed by atoms with Gasteiger partial charge in [-0.1, -0.05) is 0 Å². The standard InChI is InChI=1S/C13H21N3O5S/c1-22-7-2-11(13(20)21)15-9-10(8-14)12(19)16(3-5-17)4-6-18/h9,11,15,17-18H,2-7H2,1H3,(H,20,21)/b10-9-. The van der Waals surface area contributed by atoms with Crippen LogP contribution in [-0.4, -0.2) is 76.4 Å². The van der Waals surface area contributed by atoms with Crippen LogP contribution in [0, 0.1) is 11.3 Å². The Balaban J connectivity index is 4.94. The largest absolute Gasteiger partial charge is 0.480 e. The molecule has 1 atom stereocenters. The van der Waals surface area contributed by atoms with Crippen molar-refractivity contribution in [1.82, 2.24) is 10.2 Å². The van der Waals surface area contributed by atoms with Crippen molar-refractivity contribution in [3.63, 3.8) is 0 Å². The smallest absolute Gasteiger partial charge is 0.326 e. The first-order valence-corrected chi connectivity index (χ1v) is 8.00. The van der Waals surface area contributed by atoms with E-state index in [1.165, 1.54) is 11.8 Å². The molecule has 0 aliphatic heterocycles. The van der Waals surface area contributed by atoms with Crippen LogP contribution in [0.2, 0.25) is 0 Å². The minimum absolute atomic E-state index is 0.0206. The molecule has 0 saturated carbocycles. The summed E-state index contributed by atoms with van der Waals surface area (Å²) >= 11 is 1.49. The number of aliphatic carboxylic acids is 1. The van der Waals surface area contributed by atoms with Gasteiger partial charge in [0.15, 0.2) is 0 Å². The molecule has 0 aliphatic rings. The summed E-state index contributed by atoms with van der Waals surface area (Å²) in [4.78, 5) is 24.3. The number of carbonyl (C=O) groups is 2. The average Bonchev–Trinajstić information content (AvgIpc) is 2.49. The van der Waals surface area contributed by atoms with Gasteiger partial charge in [0.25, 0.3) is 5.91 Å². The number of carboxylic acids is 1. The highest BCUT2D eigenvalue weighted by molar-refractivity contribution is 7.98. The van der Waals surface area contributed by atoms with Gasteiger partial charge in [-0.15, -0.1) is 0 Å². The minimum atomic E-state index is -1.07. The summed E-state index contributed by atoms with van der Waals surface area (Å²) in [5, 5.41) is 38.4. The van der Waals surface area contributed by atoms with Gasteiger partial charge in [0.2, 0.25) is 0 Å². The van der Waals surface area contributed by atoms with Crippen LogP contribution in [0.3, 0.4) is 0 Å². The number of nitriles is 1. The second-order valence-electron chi connectivity index (χ2n) is 4.25. The molecule has 1 amide bonds. The zero-order chi connectivity index (χ0) is 17.0. The zero-order valence-electron chi connectivity index (χ0n) is 12.4. The first-order valence-electron chi connectivity index (χ1n) is 6.60. The van der Waals surface area contributed by atoms with E-state index in [0.29, 0.717) is 12.2 Å². The van der Waals surface area contributed by atoms with E-state index in [9.17, 15) is 9.59 Å². The van der Waals surface area contributed by atoms with Crippen LogP contribution in [-0.2, 0) is 9.59 Å². The van der Waals surface area contributed by atoms with Crippen molar-refractivity contribution >= 4 is 23.6 Å². The summed E-state index contributed by atoms with van der Waals surface area (Å²) < 4.78 is 0. The van der Waals surface area contributed by atoms with E-state index >= 15 is 0 Å². The van der Waals surface area contributed by atoms with Gasteiger partial charge in [0.1, 0.15) is 17.7 Å². The third kappa shape index (κ3) is 7.31. The maximum absolute atomic E-state index is 12.1. The number of nitrogens with one attached hydrogen (secondary N) is 1. The molecule has 0 heterocycles. The Morgan fingerprint density at radius 2 is 1.95 bits per heavy atom. The highest BCUT2D eigenvalue weighted by Gasteiger charge is 2.20. The third-order valence-electron chi connectivity index (χ3n) is 2.72. The van der Waals surface area contributed by atoms with Crippen LogP contribution in [0.4, 0.5) is 0 Å². The van der Waals surface area contributed by atoms with E-state index in [1.54, 1.807) is 6.07 Å². The van der Waals surface area contributed by atoms with E-state index in [4.69, 9.17) is 20.6 Å². The van der Waals surface area contributed by atoms with Crippen LogP contribution in [0.15, 0.2) is 11.8 Å². The Morgan fingerprint density at radius 1 is 1.36 bits per heavy atom. The fourth-order valence-electron chi connectivity index (χ4n) is 1.57. The first-order chi connectivity index (χ1) is 10.5. The number of hydrogen-bond acceptors (Lipinski definition) is 7. The molecule has 22 heavy (non-hydrogen) atoms. The van der Waals surface area contributed by atoms with Crippen molar-refractivity contribution in [3.05, 3.63) is 11.8 Å². The van der Waals surface area contributed by atoms with Gasteiger partial charge in [-0.25, -0.2) is 4.79 Å². The highest BCUT2D eigenvalue weighted by Crippen LogP contribution is 2.04. The Labute approximate surface area is 133 Å². The average molecular weight is 331 g/mol. The van der Waals surface area contributed by atoms with Crippen LogP contribution >= 0.6 is 11.8 Å². The topological polar surface area (TPSA) is 134 Å². The summed E-state index contributed by atoms with van der Waals surface area (Å²) in [6.45, 7) is -0.646. The molecule has 0 spiro atoms. The van der Waals surface area contributed by atoms with Gasteiger partial charge in [-0.05, 0) is 18.4 Å². The molecule has 0 aromatic heterocycles. The molecule has 0 rings (SSSR count). The van der Waals surface area contributed by atoms with Crippen molar-refractivity contribution < 1.29 is 24.9 Å². The molecule has 0 bridgehead atoms. The molecule has 0 aliphatic carbocycles. The number of aliphatic hydroxyl groups is 2. The molecule has 124 valence electrons. The van der Waals surface area contributed by atoms with Crippen LogP contribution < -0.4 is 5.32 Å². The molecule has 9 heteroatoms. The molecular weight excluding hydrogens is 310 g/mol. The Bertz CT molecular complexity index is 430. The summed E-state index contributed by atoms with van der Waals surface area (Å²) in [5.74, 6) is -1.13. The maximum atomic E-state index is 12.1. The molecule has 0 saturated heterocycles. The second-order valence-corrected chi connectivity index (χ2v) is 5.23. The Hall–Kier alpha value is -1.76. The van der Waals surface area contributed by atoms with E-state index in [1.807, 2.05) is 6.26 Å². The quantitative estimate of drug-likeness (QED) is 0.280. The van der Waals surface area contributed by atoms with Gasteiger partial charge < -0.3 is 25.5 Å². The molecule has 8 nitrogen and oxygen atoms in total. The summed E-state index contributed by atoms with van der Waals surface area (Å²) in [7, 11) is 0. The first kappa shape index (κ1) is 20.2. The normalized spacial score (nSPS) is 12.4. The molecule has 4 N–H and O–H groups in total. The fourth-order valence-corrected chi connectivity index (χ4v) is 2.04. The summed E-state index contributed by atoms with van der Waals surface area (Å²) in [5.41, 5.74) is -0.280. The van der Waals surface area contributed by atoms with Gasteiger partial charge in [-0.3, -0.25) is 4.79 Å². The van der Waals surface area contributed by atoms with Crippen molar-refractivity contribution in [1.29, 1.82) is 5.26 Å². The lowest BCUT2D eigenvalue weighted by Crippen LogP contribution is -2.38. The molecule has 0 aromatic carbocycles. The summed E-state index contributed by atoms with van der Waals surface area (Å²) in [6.07, 6.45) is 3.26. The number of rotatable bonds is 11. The maximum Gasteiger partial charge on any atom is 0.326 e. The number of carboxylic acid groups (broad SMARTS) is 1. The fraction of sp³-hybridized carbons (Fsp3) is 0.615. The van der Waals surface area contributed by atoms with Gasteiger partial charge in [0.05, 0.1) is 13.2 Å². The molecular formula is C13H21N3O5S. The molecule has 0 fully saturated rings. The number of aliphatic hydroxyl groups excluding tert-OH is 2. The predicted octanol–water partition coefficient (Wildman–Crippen LogP) is -0.997. The summed E-state index contributed by atoms with van der Waals surface area (Å²) in [6, 6.07) is 0.800. The second kappa shape index (κ2) is 11.9. The molecule has 0 aromatic rings. The van der Waals surface area contributed by atoms with Crippen molar-refractivity contribution in [2.75, 3.05) is 38.3 Å². The number of hydrogen-bond donors (Lipinski definition) is 4. The van der Waals surface area contributed by atoms with Crippen LogP contribution in [0.25, 0.3) is 0 Å². The van der Waals surface area contributed by atoms with E-state index in [0.717, 1.165) is 11.1 Å². The minimum Gasteiger partial charge on any atom is -0.480 e. The molecule has 0 radical (unpaired) electrons.